The van der Waals surface area contributed by atoms with Gasteiger partial charge in [0, 0.05) is 81.3 Å². The quantitative estimate of drug-likeness (QED) is 0.156. The fourth-order valence-electron chi connectivity index (χ4n) is 8.01. The lowest BCUT2D eigenvalue weighted by atomic mass is 9.87. The lowest BCUT2D eigenvalue weighted by Crippen LogP contribution is -2.31. The maximum atomic E-state index is 13.9. The van der Waals surface area contributed by atoms with Gasteiger partial charge in [0.1, 0.15) is 5.00 Å². The molecule has 3 aromatic heterocycles. The Kier molecular flexibility index (Phi) is 8.83. The van der Waals surface area contributed by atoms with Crippen LogP contribution in [-0.4, -0.2) is 10.8 Å². The first kappa shape index (κ1) is 37.0. The van der Waals surface area contributed by atoms with Gasteiger partial charge in [-0.15, -0.1) is 38.6 Å². The van der Waals surface area contributed by atoms with Gasteiger partial charge in [-0.1, -0.05) is 76.5 Å². The summed E-state index contributed by atoms with van der Waals surface area (Å²) in [5.41, 5.74) is 9.92. The predicted molar refractivity (Wildman–Crippen MR) is 257 cm³/mol. The number of nitrogens with zero attached hydrogens (tertiary/aromatic N) is 2. The molecule has 1 aliphatic heterocycles. The third-order valence-electron chi connectivity index (χ3n) is 11.3. The molecule has 0 bridgehead atoms. The Bertz CT molecular complexity index is 3290. The second-order valence-corrected chi connectivity index (χ2v) is 20.0. The molecular weight excluding hydrogens is 813 g/mol. The molecule has 0 N–H and O–H groups in total. The zero-order valence-corrected chi connectivity index (χ0v) is 36.5. The lowest BCUT2D eigenvalue weighted by Gasteiger charge is -2.29. The van der Waals surface area contributed by atoms with Gasteiger partial charge in [0.25, 0.3) is 5.04 Å². The van der Waals surface area contributed by atoms with Gasteiger partial charge in [0.2, 0.25) is 11.4 Å². The average molecular weight is 849 g/mol. The molecule has 0 saturated heterocycles. The molecule has 0 saturated carbocycles. The van der Waals surface area contributed by atoms with Crippen LogP contribution in [0.4, 0.5) is 27.8 Å². The van der Waals surface area contributed by atoms with E-state index < -0.39 is 0 Å². The van der Waals surface area contributed by atoms with Crippen molar-refractivity contribution in [2.75, 3.05) is 4.90 Å². The van der Waals surface area contributed by atoms with E-state index in [4.69, 9.17) is 0 Å². The van der Waals surface area contributed by atoms with Gasteiger partial charge in [-0.3, -0.25) is 4.79 Å². The highest BCUT2D eigenvalue weighted by molar-refractivity contribution is 8.15. The van der Waals surface area contributed by atoms with Gasteiger partial charge in [0.05, 0.1) is 0 Å². The van der Waals surface area contributed by atoms with Crippen molar-refractivity contribution < 1.29 is 9.90 Å². The molecule has 11 rings (SSSR count). The minimum absolute atomic E-state index is 0.162. The van der Waals surface area contributed by atoms with E-state index in [-0.39, 0.29) is 11.5 Å². The standard InChI is InChI=1S/C52H36N2O2S4/c1-29-5-13-37(14-6-29)53(38-15-7-30(2)8-16-38)47-27-35-23-41-33(21-43(35)59-47)25-45(57-41)49-51(55)50(52(49)56)46-26-34-22-44-36(24-42(34)58-46)28-48(60-44)54(39-17-9-31(3)10-18-39)40-19-11-32(4)12-20-40/h5-28H,1-4H3. The van der Waals surface area contributed by atoms with Crippen LogP contribution in [-0.2, 0) is 4.79 Å². The lowest BCUT2D eigenvalue weighted by molar-refractivity contribution is -0.292. The number of ketones is 1. The highest BCUT2D eigenvalue weighted by Crippen LogP contribution is 2.46. The highest BCUT2D eigenvalue weighted by Gasteiger charge is 2.31. The first-order chi connectivity index (χ1) is 29.1. The number of hydrogen-bond acceptors (Lipinski definition) is 7. The summed E-state index contributed by atoms with van der Waals surface area (Å²) in [6, 6.07) is 49.6. The summed E-state index contributed by atoms with van der Waals surface area (Å²) in [4.78, 5) is 18.1. The first-order valence-electron chi connectivity index (χ1n) is 19.8. The maximum absolute atomic E-state index is 13.9. The van der Waals surface area contributed by atoms with Crippen LogP contribution in [0.25, 0.3) is 47.5 Å². The summed E-state index contributed by atoms with van der Waals surface area (Å²) >= 11 is 6.53. The molecule has 290 valence electrons. The van der Waals surface area contributed by atoms with Crippen molar-refractivity contribution in [1.82, 2.24) is 4.58 Å². The van der Waals surface area contributed by atoms with Gasteiger partial charge in [0.15, 0.2) is 5.78 Å². The van der Waals surface area contributed by atoms with E-state index in [2.05, 4.69) is 171 Å². The van der Waals surface area contributed by atoms with Gasteiger partial charge in [-0.05, 0) is 128 Å². The minimum Gasteiger partial charge on any atom is -0.871 e. The third-order valence-corrected chi connectivity index (χ3v) is 15.7. The number of carbonyl (C=O) groups excluding carboxylic acids is 1. The van der Waals surface area contributed by atoms with Crippen molar-refractivity contribution >= 4 is 132 Å². The number of thioether (sulfide) groups is 1. The van der Waals surface area contributed by atoms with Gasteiger partial charge >= 0.3 is 0 Å². The van der Waals surface area contributed by atoms with Crippen LogP contribution in [0.1, 0.15) is 27.1 Å². The van der Waals surface area contributed by atoms with Crippen molar-refractivity contribution in [2.24, 2.45) is 0 Å². The molecule has 0 unspecified atom stereocenters. The van der Waals surface area contributed by atoms with E-state index in [9.17, 15) is 9.90 Å². The molecule has 60 heavy (non-hydrogen) atoms. The molecule has 0 amide bonds. The fourth-order valence-corrected chi connectivity index (χ4v) is 12.5. The van der Waals surface area contributed by atoms with Crippen LogP contribution in [0.15, 0.2) is 150 Å². The number of anilines is 3. The monoisotopic (exact) mass is 848 g/mol. The number of thiophene rings is 3. The van der Waals surface area contributed by atoms with Crippen LogP contribution >= 0.6 is 45.8 Å². The van der Waals surface area contributed by atoms with Gasteiger partial charge in [-0.2, -0.15) is 0 Å². The zero-order valence-electron chi connectivity index (χ0n) is 33.2. The van der Waals surface area contributed by atoms with Crippen LogP contribution < -0.4 is 24.3 Å². The number of rotatable bonds is 6. The first-order valence-corrected chi connectivity index (χ1v) is 23.1. The van der Waals surface area contributed by atoms with Gasteiger partial charge < -0.3 is 10.0 Å². The Hall–Kier alpha value is -6.03. The summed E-state index contributed by atoms with van der Waals surface area (Å²) in [7, 11) is 0. The van der Waals surface area contributed by atoms with Crippen molar-refractivity contribution in [3.8, 4) is 0 Å². The van der Waals surface area contributed by atoms with Gasteiger partial charge in [-0.25, -0.2) is 0 Å². The van der Waals surface area contributed by atoms with Crippen molar-refractivity contribution in [3.63, 3.8) is 0 Å². The largest absolute Gasteiger partial charge is 0.871 e. The van der Waals surface area contributed by atoms with E-state index in [0.717, 1.165) is 82.6 Å². The molecule has 4 heterocycles. The molecular formula is C52H36N2O2S4. The number of fused-ring (bicyclic) bond motifs is 4. The number of benzene rings is 6. The number of aryl methyl sites for hydroxylation is 4. The summed E-state index contributed by atoms with van der Waals surface area (Å²) in [6.07, 6.45) is 2.24. The molecule has 6 aromatic carbocycles. The Morgan fingerprint density at radius 2 is 1.05 bits per heavy atom. The Labute approximate surface area is 363 Å². The molecule has 8 heteroatoms. The Morgan fingerprint density at radius 3 is 1.63 bits per heavy atom. The second-order valence-electron chi connectivity index (χ2n) is 15.7. The molecule has 0 fully saturated rings. The maximum Gasteiger partial charge on any atom is 0.251 e. The molecule has 1 aliphatic carbocycles. The predicted octanol–water partition coefficient (Wildman–Crippen LogP) is 12.4. The fraction of sp³-hybridized carbons (Fsp3) is 0.0769. The topological polar surface area (TPSA) is 46.4 Å². The zero-order chi connectivity index (χ0) is 40.8. The van der Waals surface area contributed by atoms with Crippen LogP contribution in [0.5, 0.6) is 0 Å². The SMILES string of the molecule is Cc1ccc(N(c2ccc(C)cc2)c2cc3cc4sc(C5=C([O-])/C(=c6\cc7cc8c(cc7s6)=CC(=[N+](c6ccc(C)cc6)c6ccc(C)cc6)S8)C5=O)cc4cc3s2)cc1. The molecule has 9 aromatic rings. The van der Waals surface area contributed by atoms with Crippen molar-refractivity contribution in [3.05, 3.63) is 182 Å². The number of allylic oxidation sites excluding steroid dienone is 2. The van der Waals surface area contributed by atoms with Crippen LogP contribution in [0, 0.1) is 27.7 Å². The van der Waals surface area contributed by atoms with Crippen LogP contribution in [0.2, 0.25) is 0 Å². The average Bonchev–Trinajstić information content (AvgIpc) is 4.03. The van der Waals surface area contributed by atoms with E-state index >= 15 is 0 Å². The van der Waals surface area contributed by atoms with E-state index in [0.29, 0.717) is 11.1 Å². The summed E-state index contributed by atoms with van der Waals surface area (Å²) in [6.45, 7) is 8.43. The second kappa shape index (κ2) is 14.3. The summed E-state index contributed by atoms with van der Waals surface area (Å²) < 4.78 is 6.33. The smallest absolute Gasteiger partial charge is 0.251 e. The molecule has 4 nitrogen and oxygen atoms in total. The minimum atomic E-state index is -0.162. The molecule has 2 aliphatic rings. The van der Waals surface area contributed by atoms with E-state index in [1.807, 2.05) is 12.1 Å². The van der Waals surface area contributed by atoms with E-state index in [1.165, 1.54) is 44.9 Å². The van der Waals surface area contributed by atoms with Crippen LogP contribution in [0.3, 0.4) is 0 Å². The normalized spacial score (nSPS) is 14.6. The number of hydrogen-bond donors (Lipinski definition) is 0. The Balaban J connectivity index is 0.932. The summed E-state index contributed by atoms with van der Waals surface area (Å²) in [5, 5.41) is 20.5. The molecule has 0 spiro atoms. The van der Waals surface area contributed by atoms with Crippen molar-refractivity contribution in [1.29, 1.82) is 0 Å². The van der Waals surface area contributed by atoms with Crippen molar-refractivity contribution in [2.45, 2.75) is 32.6 Å². The van der Waals surface area contributed by atoms with E-state index in [1.54, 1.807) is 23.1 Å². The Morgan fingerprint density at radius 1 is 0.533 bits per heavy atom. The molecule has 0 atom stereocenters. The highest BCUT2D eigenvalue weighted by atomic mass is 32.2. The summed E-state index contributed by atoms with van der Waals surface area (Å²) in [5.74, 6) is -0.324. The number of Topliss-reactive ketones (excluding diaryl/α,β-unsaturated/α-hetero) is 1. The molecule has 0 radical (unpaired) electrons. The third kappa shape index (κ3) is 6.34. The number of carbonyl (C=O) groups is 1.